The summed E-state index contributed by atoms with van der Waals surface area (Å²) in [5.41, 5.74) is 1.08. The van der Waals surface area contributed by atoms with Crippen LogP contribution in [0.1, 0.15) is 17.6 Å². The fraction of sp³-hybridized carbons (Fsp3) is 0.111. The first kappa shape index (κ1) is 15.5. The van der Waals surface area contributed by atoms with Crippen molar-refractivity contribution >= 4 is 33.5 Å². The summed E-state index contributed by atoms with van der Waals surface area (Å²) >= 11 is 1.40. The molecule has 1 N–H and O–H groups in total. The summed E-state index contributed by atoms with van der Waals surface area (Å²) in [5, 5.41) is 21.5. The number of fused-ring (bicyclic) bond motifs is 1. The zero-order chi connectivity index (χ0) is 17.2. The molecule has 0 spiro atoms. The lowest BCUT2D eigenvalue weighted by Crippen LogP contribution is -1.84. The summed E-state index contributed by atoms with van der Waals surface area (Å²) in [6, 6.07) is 13.8. The van der Waals surface area contributed by atoms with E-state index in [1.54, 1.807) is 0 Å². The van der Waals surface area contributed by atoms with Crippen molar-refractivity contribution in [2.24, 2.45) is 4.99 Å². The molecule has 2 aromatic carbocycles. The van der Waals surface area contributed by atoms with E-state index in [9.17, 15) is 5.11 Å². The SMILES string of the molecule is CCc1nnc(N=Cc2nc(-c3cccc4ccccc34)oc2O)s1. The largest absolute Gasteiger partial charge is 0.479 e. The van der Waals surface area contributed by atoms with Gasteiger partial charge >= 0.3 is 5.95 Å². The minimum Gasteiger partial charge on any atom is -0.479 e. The molecule has 0 saturated carbocycles. The number of nitrogens with zero attached hydrogens (tertiary/aromatic N) is 4. The molecule has 0 atom stereocenters. The van der Waals surface area contributed by atoms with Gasteiger partial charge in [0.05, 0.1) is 6.21 Å². The van der Waals surface area contributed by atoms with Gasteiger partial charge in [-0.1, -0.05) is 54.7 Å². The first-order valence-corrected chi connectivity index (χ1v) is 8.60. The van der Waals surface area contributed by atoms with Crippen LogP contribution < -0.4 is 0 Å². The third-order valence-electron chi connectivity index (χ3n) is 3.71. The zero-order valence-corrected chi connectivity index (χ0v) is 14.2. The molecular weight excluding hydrogens is 336 g/mol. The molecule has 0 amide bonds. The van der Waals surface area contributed by atoms with Gasteiger partial charge in [-0.3, -0.25) is 0 Å². The van der Waals surface area contributed by atoms with Crippen molar-refractivity contribution in [1.82, 2.24) is 15.2 Å². The molecule has 0 aliphatic heterocycles. The number of oxazole rings is 1. The third-order valence-corrected chi connectivity index (χ3v) is 4.69. The lowest BCUT2D eigenvalue weighted by Gasteiger charge is -2.01. The number of rotatable bonds is 4. The average Bonchev–Trinajstić information content (AvgIpc) is 3.25. The van der Waals surface area contributed by atoms with E-state index in [4.69, 9.17) is 4.42 Å². The molecule has 0 bridgehead atoms. The first-order chi connectivity index (χ1) is 12.2. The van der Waals surface area contributed by atoms with Crippen molar-refractivity contribution in [2.75, 3.05) is 0 Å². The highest BCUT2D eigenvalue weighted by molar-refractivity contribution is 7.14. The number of hydrogen-bond donors (Lipinski definition) is 1. The van der Waals surface area contributed by atoms with Gasteiger partial charge in [0.2, 0.25) is 11.0 Å². The molecule has 25 heavy (non-hydrogen) atoms. The van der Waals surface area contributed by atoms with Gasteiger partial charge in [0.1, 0.15) is 5.01 Å². The third kappa shape index (κ3) is 3.01. The molecule has 0 saturated heterocycles. The van der Waals surface area contributed by atoms with Gasteiger partial charge in [-0.15, -0.1) is 10.2 Å². The Morgan fingerprint density at radius 3 is 2.84 bits per heavy atom. The van der Waals surface area contributed by atoms with Gasteiger partial charge in [0, 0.05) is 5.56 Å². The fourth-order valence-corrected chi connectivity index (χ4v) is 3.12. The Morgan fingerprint density at radius 2 is 2.00 bits per heavy atom. The predicted molar refractivity (Wildman–Crippen MR) is 97.7 cm³/mol. The van der Waals surface area contributed by atoms with Gasteiger partial charge in [-0.05, 0) is 23.3 Å². The van der Waals surface area contributed by atoms with Crippen LogP contribution in [0, 0.1) is 0 Å². The van der Waals surface area contributed by atoms with Gasteiger partial charge in [0.25, 0.3) is 0 Å². The van der Waals surface area contributed by atoms with Gasteiger partial charge in [0.15, 0.2) is 5.69 Å². The van der Waals surface area contributed by atoms with E-state index in [0.717, 1.165) is 27.8 Å². The molecule has 6 nitrogen and oxygen atoms in total. The lowest BCUT2D eigenvalue weighted by molar-refractivity contribution is 0.337. The van der Waals surface area contributed by atoms with Crippen molar-refractivity contribution < 1.29 is 9.52 Å². The van der Waals surface area contributed by atoms with Crippen molar-refractivity contribution in [3.63, 3.8) is 0 Å². The summed E-state index contributed by atoms with van der Waals surface area (Å²) in [6.07, 6.45) is 2.25. The lowest BCUT2D eigenvalue weighted by atomic mass is 10.0. The van der Waals surface area contributed by atoms with E-state index >= 15 is 0 Å². The highest BCUT2D eigenvalue weighted by Gasteiger charge is 2.14. The Morgan fingerprint density at radius 1 is 1.16 bits per heavy atom. The maximum Gasteiger partial charge on any atom is 0.312 e. The number of aliphatic imine (C=N–C) groups is 1. The molecule has 0 aliphatic carbocycles. The number of hydrogen-bond acceptors (Lipinski definition) is 7. The number of aromatic hydroxyl groups is 1. The van der Waals surface area contributed by atoms with Crippen LogP contribution in [0.4, 0.5) is 5.13 Å². The van der Waals surface area contributed by atoms with Crippen molar-refractivity contribution in [1.29, 1.82) is 0 Å². The summed E-state index contributed by atoms with van der Waals surface area (Å²) < 4.78 is 5.44. The summed E-state index contributed by atoms with van der Waals surface area (Å²) in [6.45, 7) is 2.01. The molecule has 0 radical (unpaired) electrons. The monoisotopic (exact) mass is 350 g/mol. The minimum atomic E-state index is -0.271. The standard InChI is InChI=1S/C18H14N4O2S/c1-2-15-21-22-18(25-15)19-10-14-17(23)24-16(20-14)13-9-5-7-11-6-3-4-8-12(11)13/h3-10,23H,2H2,1H3. The molecule has 2 aromatic heterocycles. The average molecular weight is 350 g/mol. The van der Waals surface area contributed by atoms with Gasteiger partial charge in [-0.2, -0.15) is 0 Å². The van der Waals surface area contributed by atoms with Crippen LogP contribution in [0.5, 0.6) is 5.95 Å². The van der Waals surface area contributed by atoms with Crippen LogP contribution in [0.2, 0.25) is 0 Å². The summed E-state index contributed by atoms with van der Waals surface area (Å²) in [5.74, 6) is 0.0779. The number of benzene rings is 2. The summed E-state index contributed by atoms with van der Waals surface area (Å²) in [7, 11) is 0. The van der Waals surface area contributed by atoms with Crippen molar-refractivity contribution in [3.8, 4) is 17.4 Å². The van der Waals surface area contributed by atoms with Gasteiger partial charge in [-0.25, -0.2) is 9.98 Å². The molecule has 0 unspecified atom stereocenters. The molecule has 7 heteroatoms. The van der Waals surface area contributed by atoms with Crippen molar-refractivity contribution in [2.45, 2.75) is 13.3 Å². The topological polar surface area (TPSA) is 84.4 Å². The van der Waals surface area contributed by atoms with E-state index < -0.39 is 0 Å². The Balaban J connectivity index is 1.70. The van der Waals surface area contributed by atoms with Crippen molar-refractivity contribution in [3.05, 3.63) is 53.2 Å². The van der Waals surface area contributed by atoms with E-state index in [2.05, 4.69) is 20.2 Å². The number of aromatic nitrogens is 3. The molecule has 4 aromatic rings. The van der Waals surface area contributed by atoms with E-state index in [-0.39, 0.29) is 11.6 Å². The highest BCUT2D eigenvalue weighted by Crippen LogP contribution is 2.31. The second-order valence-corrected chi connectivity index (χ2v) is 6.37. The maximum atomic E-state index is 10.0. The quantitative estimate of drug-likeness (QED) is 0.553. The minimum absolute atomic E-state index is 0.260. The predicted octanol–water partition coefficient (Wildman–Crippen LogP) is 4.36. The molecule has 0 aliphatic rings. The smallest absolute Gasteiger partial charge is 0.312 e. The Hall–Kier alpha value is -3.06. The molecule has 124 valence electrons. The second kappa shape index (κ2) is 6.45. The van der Waals surface area contributed by atoms with Crippen LogP contribution in [0.25, 0.3) is 22.2 Å². The van der Waals surface area contributed by atoms with Crippen LogP contribution in [-0.2, 0) is 6.42 Å². The Kier molecular flexibility index (Phi) is 3.99. The Labute approximate surface area is 147 Å². The van der Waals surface area contributed by atoms with Crippen LogP contribution >= 0.6 is 11.3 Å². The molecule has 4 rings (SSSR count). The maximum absolute atomic E-state index is 10.0. The molecule has 0 fully saturated rings. The zero-order valence-electron chi connectivity index (χ0n) is 13.4. The normalized spacial score (nSPS) is 11.6. The van der Waals surface area contributed by atoms with Crippen LogP contribution in [0.3, 0.4) is 0 Å². The Bertz CT molecular complexity index is 1060. The molecule has 2 heterocycles. The number of aryl methyl sites for hydroxylation is 1. The van der Waals surface area contributed by atoms with E-state index in [1.165, 1.54) is 17.6 Å². The molecular formula is C18H14N4O2S. The fourth-order valence-electron chi connectivity index (χ4n) is 2.49. The van der Waals surface area contributed by atoms with Gasteiger partial charge < -0.3 is 9.52 Å². The van der Waals surface area contributed by atoms with E-state index in [0.29, 0.717) is 11.0 Å². The second-order valence-electron chi connectivity index (χ2n) is 5.33. The summed E-state index contributed by atoms with van der Waals surface area (Å²) in [4.78, 5) is 8.58. The van der Waals surface area contributed by atoms with E-state index in [1.807, 2.05) is 49.4 Å². The van der Waals surface area contributed by atoms with Crippen LogP contribution in [-0.4, -0.2) is 26.5 Å². The highest BCUT2D eigenvalue weighted by atomic mass is 32.1. The van der Waals surface area contributed by atoms with Crippen LogP contribution in [0.15, 0.2) is 51.9 Å². The first-order valence-electron chi connectivity index (χ1n) is 7.79.